The molecule has 0 saturated carbocycles. The number of alkyl halides is 3. The molecule has 168 valence electrons. The third kappa shape index (κ3) is 4.72. The van der Waals surface area contributed by atoms with Crippen LogP contribution < -0.4 is 10.2 Å². The van der Waals surface area contributed by atoms with Crippen molar-refractivity contribution in [1.29, 1.82) is 0 Å². The molecule has 1 saturated heterocycles. The lowest BCUT2D eigenvalue weighted by Crippen LogP contribution is -2.41. The van der Waals surface area contributed by atoms with Gasteiger partial charge in [0.2, 0.25) is 5.95 Å². The smallest absolute Gasteiger partial charge is 0.475 e. The molecule has 8 nitrogen and oxygen atoms in total. The Kier molecular flexibility index (Phi) is 6.08. The minimum absolute atomic E-state index is 0.525. The van der Waals surface area contributed by atoms with E-state index in [9.17, 15) is 13.2 Å². The van der Waals surface area contributed by atoms with Crippen LogP contribution in [0.1, 0.15) is 17.3 Å². The average Bonchev–Trinajstić information content (AvgIpc) is 3.16. The number of carboxylic acid groups (broad SMARTS) is 1. The molecule has 4 heterocycles. The molecule has 3 aromatic rings. The number of halogens is 3. The molecular weight excluding hydrogens is 425 g/mol. The van der Waals surface area contributed by atoms with E-state index in [2.05, 4.69) is 49.0 Å². The Bertz CT molecular complexity index is 1080. The van der Waals surface area contributed by atoms with Gasteiger partial charge in [0, 0.05) is 43.9 Å². The van der Waals surface area contributed by atoms with Gasteiger partial charge in [0.15, 0.2) is 0 Å². The van der Waals surface area contributed by atoms with Gasteiger partial charge in [-0.3, -0.25) is 0 Å². The first-order valence-corrected chi connectivity index (χ1v) is 10.0. The van der Waals surface area contributed by atoms with Crippen LogP contribution in [-0.2, 0) is 17.9 Å². The zero-order valence-electron chi connectivity index (χ0n) is 17.0. The van der Waals surface area contributed by atoms with Crippen molar-refractivity contribution in [3.05, 3.63) is 60.3 Å². The first-order valence-electron chi connectivity index (χ1n) is 10.0. The molecule has 0 bridgehead atoms. The maximum absolute atomic E-state index is 10.6. The molecule has 0 radical (unpaired) electrons. The molecule has 5 rings (SSSR count). The van der Waals surface area contributed by atoms with Crippen LogP contribution in [0.5, 0.6) is 0 Å². The van der Waals surface area contributed by atoms with Gasteiger partial charge in [0.25, 0.3) is 0 Å². The van der Waals surface area contributed by atoms with Gasteiger partial charge >= 0.3 is 12.1 Å². The molecule has 2 aromatic heterocycles. The number of imidazole rings is 1. The Hall–Kier alpha value is -3.47. The number of nitrogens with one attached hydrogen (secondary N) is 1. The highest BCUT2D eigenvalue weighted by Gasteiger charge is 2.38. The van der Waals surface area contributed by atoms with Crippen molar-refractivity contribution in [2.75, 3.05) is 24.5 Å². The van der Waals surface area contributed by atoms with Crippen LogP contribution in [0.2, 0.25) is 0 Å². The fraction of sp³-hybridized carbons (Fsp3) is 0.333. The van der Waals surface area contributed by atoms with Crippen LogP contribution in [0.25, 0.3) is 11.3 Å². The maximum Gasteiger partial charge on any atom is 0.490 e. The summed E-state index contributed by atoms with van der Waals surface area (Å²) in [4.78, 5) is 25.2. The zero-order chi connectivity index (χ0) is 22.7. The van der Waals surface area contributed by atoms with Crippen LogP contribution in [0, 0.1) is 0 Å². The number of aromatic nitrogens is 4. The fourth-order valence-electron chi connectivity index (χ4n) is 3.50. The van der Waals surface area contributed by atoms with E-state index in [1.807, 2.05) is 24.7 Å². The second-order valence-corrected chi connectivity index (χ2v) is 7.46. The summed E-state index contributed by atoms with van der Waals surface area (Å²) in [5.74, 6) is -1.40. The summed E-state index contributed by atoms with van der Waals surface area (Å²) >= 11 is 0. The highest BCUT2D eigenvalue weighted by molar-refractivity contribution is 5.73. The van der Waals surface area contributed by atoms with Gasteiger partial charge in [0.05, 0.1) is 30.0 Å². The Morgan fingerprint density at radius 3 is 2.44 bits per heavy atom. The summed E-state index contributed by atoms with van der Waals surface area (Å²) in [5, 5.41) is 10.4. The van der Waals surface area contributed by atoms with E-state index in [0.717, 1.165) is 55.6 Å². The number of anilines is 1. The van der Waals surface area contributed by atoms with Gasteiger partial charge in [-0.2, -0.15) is 13.2 Å². The molecule has 2 aliphatic rings. The van der Waals surface area contributed by atoms with Gasteiger partial charge in [-0.1, -0.05) is 30.3 Å². The fourth-order valence-corrected chi connectivity index (χ4v) is 3.50. The Morgan fingerprint density at radius 1 is 1.09 bits per heavy atom. The molecule has 2 aliphatic heterocycles. The molecule has 0 spiro atoms. The minimum atomic E-state index is -5.08. The minimum Gasteiger partial charge on any atom is -0.475 e. The third-order valence-electron chi connectivity index (χ3n) is 5.33. The first kappa shape index (κ1) is 21.8. The standard InChI is InChI=1S/C19H20N6.C2HF3O2/c1-2-4-14(5-3-1)18-17-12-24(8-9-25(17)13-22-18)19-21-7-6-16(23-19)15-10-20-11-15;3-2(4,5)1(6)7/h1-7,13,15,20H,8-12H2;(H,6,7). The van der Waals surface area contributed by atoms with Gasteiger partial charge in [-0.25, -0.2) is 19.7 Å². The summed E-state index contributed by atoms with van der Waals surface area (Å²) < 4.78 is 34.0. The maximum atomic E-state index is 10.6. The molecule has 1 fully saturated rings. The summed E-state index contributed by atoms with van der Waals surface area (Å²) in [6.07, 6.45) is -1.24. The number of nitrogens with zero attached hydrogens (tertiary/aromatic N) is 5. The van der Waals surface area contributed by atoms with Crippen molar-refractivity contribution >= 4 is 11.9 Å². The molecule has 0 atom stereocenters. The van der Waals surface area contributed by atoms with E-state index in [4.69, 9.17) is 14.9 Å². The quantitative estimate of drug-likeness (QED) is 0.639. The number of carboxylic acids is 1. The van der Waals surface area contributed by atoms with Crippen molar-refractivity contribution in [2.24, 2.45) is 0 Å². The van der Waals surface area contributed by atoms with Crippen LogP contribution in [-0.4, -0.2) is 56.4 Å². The summed E-state index contributed by atoms with van der Waals surface area (Å²) in [5.41, 5.74) is 4.60. The number of rotatable bonds is 3. The summed E-state index contributed by atoms with van der Waals surface area (Å²) in [6.45, 7) is 4.64. The monoisotopic (exact) mass is 446 g/mol. The number of carbonyl (C=O) groups is 1. The largest absolute Gasteiger partial charge is 0.490 e. The average molecular weight is 446 g/mol. The molecule has 0 aliphatic carbocycles. The molecule has 32 heavy (non-hydrogen) atoms. The lowest BCUT2D eigenvalue weighted by molar-refractivity contribution is -0.192. The van der Waals surface area contributed by atoms with Crippen molar-refractivity contribution < 1.29 is 23.1 Å². The lowest BCUT2D eigenvalue weighted by Gasteiger charge is -2.30. The van der Waals surface area contributed by atoms with Crippen molar-refractivity contribution in [2.45, 2.75) is 25.2 Å². The Labute approximate surface area is 181 Å². The number of aliphatic carboxylic acids is 1. The Morgan fingerprint density at radius 2 is 1.81 bits per heavy atom. The summed E-state index contributed by atoms with van der Waals surface area (Å²) in [6, 6.07) is 12.4. The van der Waals surface area contributed by atoms with Gasteiger partial charge in [-0.05, 0) is 6.07 Å². The Balaban J connectivity index is 0.000000307. The lowest BCUT2D eigenvalue weighted by atomic mass is 9.99. The second-order valence-electron chi connectivity index (χ2n) is 7.46. The normalized spacial score (nSPS) is 15.9. The van der Waals surface area contributed by atoms with Gasteiger partial charge in [-0.15, -0.1) is 0 Å². The number of hydrogen-bond donors (Lipinski definition) is 2. The highest BCUT2D eigenvalue weighted by atomic mass is 19.4. The molecule has 1 aromatic carbocycles. The second kappa shape index (κ2) is 8.95. The molecule has 0 amide bonds. The van der Waals surface area contributed by atoms with E-state index in [-0.39, 0.29) is 0 Å². The predicted octanol–water partition coefficient (Wildman–Crippen LogP) is 2.68. The van der Waals surface area contributed by atoms with Gasteiger partial charge < -0.3 is 19.9 Å². The van der Waals surface area contributed by atoms with Gasteiger partial charge in [0.1, 0.15) is 0 Å². The van der Waals surface area contributed by atoms with Crippen molar-refractivity contribution in [3.8, 4) is 11.3 Å². The molecule has 11 heteroatoms. The van der Waals surface area contributed by atoms with Crippen LogP contribution in [0.3, 0.4) is 0 Å². The van der Waals surface area contributed by atoms with E-state index in [1.54, 1.807) is 0 Å². The summed E-state index contributed by atoms with van der Waals surface area (Å²) in [7, 11) is 0. The molecule has 2 N–H and O–H groups in total. The highest BCUT2D eigenvalue weighted by Crippen LogP contribution is 2.27. The SMILES string of the molecule is O=C(O)C(F)(F)F.c1ccc(-c2ncn3c2CN(c2nccc(C4CNC4)n2)CC3)cc1. The molecule has 0 unspecified atom stereocenters. The predicted molar refractivity (Wildman–Crippen MR) is 110 cm³/mol. The molecular formula is C21H21F3N6O2. The van der Waals surface area contributed by atoms with E-state index in [1.165, 1.54) is 5.69 Å². The number of hydrogen-bond acceptors (Lipinski definition) is 6. The number of benzene rings is 1. The zero-order valence-corrected chi connectivity index (χ0v) is 17.0. The van der Waals surface area contributed by atoms with Crippen LogP contribution in [0.15, 0.2) is 48.9 Å². The van der Waals surface area contributed by atoms with Crippen molar-refractivity contribution in [3.63, 3.8) is 0 Å². The van der Waals surface area contributed by atoms with Crippen LogP contribution >= 0.6 is 0 Å². The van der Waals surface area contributed by atoms with E-state index >= 15 is 0 Å². The first-order chi connectivity index (χ1) is 15.3. The topological polar surface area (TPSA) is 96.2 Å². The number of fused-ring (bicyclic) bond motifs is 1. The third-order valence-corrected chi connectivity index (χ3v) is 5.33. The van der Waals surface area contributed by atoms with Crippen molar-refractivity contribution in [1.82, 2.24) is 24.8 Å². The van der Waals surface area contributed by atoms with E-state index < -0.39 is 12.1 Å². The van der Waals surface area contributed by atoms with E-state index in [0.29, 0.717) is 5.92 Å². The van der Waals surface area contributed by atoms with Crippen LogP contribution in [0.4, 0.5) is 19.1 Å².